The van der Waals surface area contributed by atoms with E-state index in [4.69, 9.17) is 5.14 Å². The van der Waals surface area contributed by atoms with Gasteiger partial charge in [-0.15, -0.1) is 0 Å². The molecule has 11 heteroatoms. The molecular formula is C23H26N6O4S. The molecule has 0 aliphatic rings. The first-order valence-electron chi connectivity index (χ1n) is 10.6. The van der Waals surface area contributed by atoms with Crippen LogP contribution in [0.25, 0.3) is 11.2 Å². The molecule has 0 aliphatic heterocycles. The molecule has 0 aliphatic carbocycles. The third-order valence-corrected chi connectivity index (χ3v) is 6.69. The first kappa shape index (κ1) is 23.5. The molecule has 0 spiro atoms. The Labute approximate surface area is 196 Å². The zero-order valence-corrected chi connectivity index (χ0v) is 20.0. The third-order valence-electron chi connectivity index (χ3n) is 5.76. The second-order valence-electron chi connectivity index (χ2n) is 8.25. The quantitative estimate of drug-likeness (QED) is 0.405. The molecule has 2 heterocycles. The van der Waals surface area contributed by atoms with Crippen LogP contribution in [0.5, 0.6) is 0 Å². The summed E-state index contributed by atoms with van der Waals surface area (Å²) in [6.07, 6.45) is 0.579. The van der Waals surface area contributed by atoms with E-state index in [2.05, 4.69) is 10.3 Å². The number of fused-ring (bicyclic) bond motifs is 1. The summed E-state index contributed by atoms with van der Waals surface area (Å²) >= 11 is 0. The van der Waals surface area contributed by atoms with Crippen molar-refractivity contribution in [3.8, 4) is 0 Å². The normalized spacial score (nSPS) is 11.8. The maximum Gasteiger partial charge on any atom is 0.332 e. The summed E-state index contributed by atoms with van der Waals surface area (Å²) in [5.74, 6) is 0.468. The first-order chi connectivity index (χ1) is 16.1. The lowest BCUT2D eigenvalue weighted by atomic mass is 10.1. The molecule has 0 unspecified atom stereocenters. The van der Waals surface area contributed by atoms with Gasteiger partial charge in [0.05, 0.1) is 11.4 Å². The molecule has 0 radical (unpaired) electrons. The highest BCUT2D eigenvalue weighted by Crippen LogP contribution is 2.19. The van der Waals surface area contributed by atoms with Gasteiger partial charge in [-0.1, -0.05) is 42.0 Å². The van der Waals surface area contributed by atoms with Gasteiger partial charge in [-0.2, -0.15) is 4.98 Å². The minimum atomic E-state index is -3.74. The maximum atomic E-state index is 13.0. The molecule has 178 valence electrons. The minimum Gasteiger partial charge on any atom is -0.355 e. The lowest BCUT2D eigenvalue weighted by Gasteiger charge is -2.12. The first-order valence-corrected chi connectivity index (χ1v) is 12.2. The fourth-order valence-corrected chi connectivity index (χ4v) is 4.29. The van der Waals surface area contributed by atoms with E-state index in [9.17, 15) is 18.0 Å². The lowest BCUT2D eigenvalue weighted by Crippen LogP contribution is -2.37. The van der Waals surface area contributed by atoms with Crippen molar-refractivity contribution in [2.24, 2.45) is 19.2 Å². The van der Waals surface area contributed by atoms with Crippen molar-refractivity contribution >= 4 is 27.1 Å². The highest BCUT2D eigenvalue weighted by atomic mass is 32.2. The van der Waals surface area contributed by atoms with Crippen LogP contribution in [-0.4, -0.2) is 33.6 Å². The number of sulfonamides is 1. The van der Waals surface area contributed by atoms with Crippen LogP contribution in [0.4, 0.5) is 5.95 Å². The fraction of sp³-hybridized carbons (Fsp3) is 0.261. The number of rotatable bonds is 7. The zero-order chi connectivity index (χ0) is 24.6. The molecule has 0 saturated carbocycles. The molecule has 4 aromatic rings. The Morgan fingerprint density at radius 1 is 0.941 bits per heavy atom. The number of anilines is 1. The van der Waals surface area contributed by atoms with Crippen LogP contribution in [0, 0.1) is 6.92 Å². The summed E-state index contributed by atoms with van der Waals surface area (Å²) in [6, 6.07) is 14.3. The number of aryl methyl sites for hydroxylation is 2. The van der Waals surface area contributed by atoms with Crippen LogP contribution in [0.2, 0.25) is 0 Å². The molecule has 4 rings (SSSR count). The van der Waals surface area contributed by atoms with Crippen molar-refractivity contribution in [2.45, 2.75) is 24.8 Å². The van der Waals surface area contributed by atoms with Crippen molar-refractivity contribution < 1.29 is 8.42 Å². The van der Waals surface area contributed by atoms with Crippen molar-refractivity contribution in [1.82, 2.24) is 18.7 Å². The van der Waals surface area contributed by atoms with Gasteiger partial charge < -0.3 is 5.32 Å². The minimum absolute atomic E-state index is 0.0564. The van der Waals surface area contributed by atoms with Crippen LogP contribution in [0.3, 0.4) is 0 Å². The lowest BCUT2D eigenvalue weighted by molar-refractivity contribution is 0.598. The van der Waals surface area contributed by atoms with Gasteiger partial charge in [-0.3, -0.25) is 18.5 Å². The van der Waals surface area contributed by atoms with Crippen molar-refractivity contribution in [3.63, 3.8) is 0 Å². The molecule has 2 aromatic carbocycles. The van der Waals surface area contributed by atoms with Crippen LogP contribution in [-0.2, 0) is 37.1 Å². The molecule has 0 saturated heterocycles. The Balaban J connectivity index is 1.67. The van der Waals surface area contributed by atoms with Gasteiger partial charge in [0.25, 0.3) is 5.56 Å². The molecule has 3 N–H and O–H groups in total. The summed E-state index contributed by atoms with van der Waals surface area (Å²) in [7, 11) is -0.702. The molecular weight excluding hydrogens is 456 g/mol. The van der Waals surface area contributed by atoms with E-state index in [-0.39, 0.29) is 4.90 Å². The van der Waals surface area contributed by atoms with Gasteiger partial charge in [0, 0.05) is 20.6 Å². The standard InChI is InChI=1S/C23H26N6O4S/c1-15-4-6-17(7-5-15)14-29-19-20(27(2)23(31)28(3)21(19)30)26-22(29)25-13-12-16-8-10-18(11-9-16)34(24,32)33/h4-11H,12-14H2,1-3H3,(H,25,26)(H2,24,32,33). The average molecular weight is 483 g/mol. The Kier molecular flexibility index (Phi) is 6.15. The summed E-state index contributed by atoms with van der Waals surface area (Å²) in [4.78, 5) is 30.0. The monoisotopic (exact) mass is 482 g/mol. The number of nitrogens with two attached hydrogens (primary N) is 1. The molecule has 34 heavy (non-hydrogen) atoms. The summed E-state index contributed by atoms with van der Waals surface area (Å²) in [6.45, 7) is 2.88. The van der Waals surface area contributed by atoms with Gasteiger partial charge in [-0.25, -0.2) is 18.4 Å². The van der Waals surface area contributed by atoms with Gasteiger partial charge in [-0.05, 0) is 36.6 Å². The van der Waals surface area contributed by atoms with Crippen LogP contribution >= 0.6 is 0 Å². The predicted molar refractivity (Wildman–Crippen MR) is 131 cm³/mol. The maximum absolute atomic E-state index is 13.0. The van der Waals surface area contributed by atoms with E-state index in [1.807, 2.05) is 31.2 Å². The largest absolute Gasteiger partial charge is 0.355 e. The number of hydrogen-bond donors (Lipinski definition) is 2. The van der Waals surface area contributed by atoms with Crippen LogP contribution in [0.15, 0.2) is 63.0 Å². The fourth-order valence-electron chi connectivity index (χ4n) is 3.78. The number of benzene rings is 2. The highest BCUT2D eigenvalue weighted by Gasteiger charge is 2.19. The second-order valence-corrected chi connectivity index (χ2v) is 9.81. The smallest absolute Gasteiger partial charge is 0.332 e. The average Bonchev–Trinajstić information content (AvgIpc) is 3.15. The van der Waals surface area contributed by atoms with Crippen LogP contribution in [0.1, 0.15) is 16.7 Å². The predicted octanol–water partition coefficient (Wildman–Crippen LogP) is 1.09. The Hall–Kier alpha value is -3.70. The van der Waals surface area contributed by atoms with Gasteiger partial charge in [0.2, 0.25) is 16.0 Å². The second kappa shape index (κ2) is 8.92. The Morgan fingerprint density at radius 3 is 2.18 bits per heavy atom. The van der Waals surface area contributed by atoms with Gasteiger partial charge >= 0.3 is 5.69 Å². The third kappa shape index (κ3) is 4.52. The van der Waals surface area contributed by atoms with Gasteiger partial charge in [0.1, 0.15) is 0 Å². The Bertz CT molecular complexity index is 1580. The number of aromatic nitrogens is 4. The van der Waals surface area contributed by atoms with Crippen molar-refractivity contribution in [3.05, 3.63) is 86.1 Å². The van der Waals surface area contributed by atoms with Gasteiger partial charge in [0.15, 0.2) is 11.2 Å². The van der Waals surface area contributed by atoms with E-state index in [1.165, 1.54) is 23.7 Å². The van der Waals surface area contributed by atoms with E-state index in [0.717, 1.165) is 21.3 Å². The van der Waals surface area contributed by atoms with E-state index in [1.54, 1.807) is 23.7 Å². The zero-order valence-electron chi connectivity index (χ0n) is 19.1. The topological polar surface area (TPSA) is 134 Å². The van der Waals surface area contributed by atoms with Crippen molar-refractivity contribution in [2.75, 3.05) is 11.9 Å². The highest BCUT2D eigenvalue weighted by molar-refractivity contribution is 7.89. The number of nitrogens with zero attached hydrogens (tertiary/aromatic N) is 4. The van der Waals surface area contributed by atoms with E-state index >= 15 is 0 Å². The number of nitrogens with one attached hydrogen (secondary N) is 1. The van der Waals surface area contributed by atoms with E-state index < -0.39 is 21.3 Å². The molecule has 0 amide bonds. The number of hydrogen-bond acceptors (Lipinski definition) is 6. The molecule has 10 nitrogen and oxygen atoms in total. The SMILES string of the molecule is Cc1ccc(Cn2c(NCCc3ccc(S(N)(=O)=O)cc3)nc3c2c(=O)n(C)c(=O)n3C)cc1. The van der Waals surface area contributed by atoms with Crippen LogP contribution < -0.4 is 21.7 Å². The number of imidazole rings is 1. The Morgan fingerprint density at radius 2 is 1.56 bits per heavy atom. The number of primary sulfonamides is 1. The molecule has 0 bridgehead atoms. The van der Waals surface area contributed by atoms with E-state index in [0.29, 0.717) is 36.6 Å². The van der Waals surface area contributed by atoms with Crippen molar-refractivity contribution in [1.29, 1.82) is 0 Å². The summed E-state index contributed by atoms with van der Waals surface area (Å²) in [5.41, 5.74) is 2.81. The summed E-state index contributed by atoms with van der Waals surface area (Å²) < 4.78 is 27.1. The molecule has 2 aromatic heterocycles. The molecule has 0 fully saturated rings. The molecule has 0 atom stereocenters. The summed E-state index contributed by atoms with van der Waals surface area (Å²) in [5, 5.41) is 8.42.